The van der Waals surface area contributed by atoms with E-state index in [1.54, 1.807) is 7.11 Å². The summed E-state index contributed by atoms with van der Waals surface area (Å²) < 4.78 is 11.1. The van der Waals surface area contributed by atoms with E-state index in [0.29, 0.717) is 6.10 Å². The largest absolute Gasteiger partial charge is 0.497 e. The van der Waals surface area contributed by atoms with Crippen LogP contribution in [0.15, 0.2) is 24.3 Å². The van der Waals surface area contributed by atoms with Gasteiger partial charge < -0.3 is 9.47 Å². The molecule has 0 aliphatic heterocycles. The Morgan fingerprint density at radius 1 is 1.18 bits per heavy atom. The van der Waals surface area contributed by atoms with Crippen LogP contribution in [0.25, 0.3) is 0 Å². The van der Waals surface area contributed by atoms with Crippen LogP contribution in [-0.4, -0.2) is 13.2 Å². The average Bonchev–Trinajstić information content (AvgIpc) is 2.37. The van der Waals surface area contributed by atoms with E-state index in [1.165, 1.54) is 31.2 Å². The molecule has 1 saturated carbocycles. The van der Waals surface area contributed by atoms with Crippen LogP contribution >= 0.6 is 0 Å². The highest BCUT2D eigenvalue weighted by Crippen LogP contribution is 2.26. The van der Waals surface area contributed by atoms with E-state index in [2.05, 4.69) is 19.1 Å². The van der Waals surface area contributed by atoms with Crippen molar-refractivity contribution in [3.63, 3.8) is 0 Å². The molecule has 1 aromatic rings. The first-order valence-corrected chi connectivity index (χ1v) is 6.52. The predicted octanol–water partition coefficient (Wildman–Crippen LogP) is 3.79. The second-order valence-electron chi connectivity index (χ2n) is 5.05. The lowest BCUT2D eigenvalue weighted by atomic mass is 9.89. The molecule has 2 rings (SSSR count). The average molecular weight is 234 g/mol. The number of benzene rings is 1. The number of rotatable bonds is 4. The molecule has 1 aliphatic carbocycles. The zero-order chi connectivity index (χ0) is 12.1. The maximum atomic E-state index is 5.97. The van der Waals surface area contributed by atoms with Crippen LogP contribution in [-0.2, 0) is 11.3 Å². The Morgan fingerprint density at radius 3 is 2.59 bits per heavy atom. The molecule has 2 heteroatoms. The van der Waals surface area contributed by atoms with Crippen molar-refractivity contribution < 1.29 is 9.47 Å². The molecule has 1 fully saturated rings. The third kappa shape index (κ3) is 3.74. The normalized spacial score (nSPS) is 24.6. The lowest BCUT2D eigenvalue weighted by Gasteiger charge is -2.26. The first-order valence-electron chi connectivity index (χ1n) is 6.52. The Balaban J connectivity index is 1.80. The first-order chi connectivity index (χ1) is 8.28. The number of hydrogen-bond donors (Lipinski definition) is 0. The molecule has 0 aromatic heterocycles. The van der Waals surface area contributed by atoms with Crippen molar-refractivity contribution in [1.29, 1.82) is 0 Å². The predicted molar refractivity (Wildman–Crippen MR) is 69.2 cm³/mol. The van der Waals surface area contributed by atoms with Gasteiger partial charge in [0.05, 0.1) is 19.8 Å². The molecule has 1 aromatic carbocycles. The van der Waals surface area contributed by atoms with Gasteiger partial charge in [0.15, 0.2) is 0 Å². The summed E-state index contributed by atoms with van der Waals surface area (Å²) in [6.07, 6.45) is 5.58. The lowest BCUT2D eigenvalue weighted by molar-refractivity contribution is 0.00466. The number of methoxy groups -OCH3 is 1. The van der Waals surface area contributed by atoms with Gasteiger partial charge in [0, 0.05) is 0 Å². The highest BCUT2D eigenvalue weighted by molar-refractivity contribution is 5.26. The van der Waals surface area contributed by atoms with E-state index in [4.69, 9.17) is 9.47 Å². The third-order valence-electron chi connectivity index (χ3n) is 3.53. The van der Waals surface area contributed by atoms with Gasteiger partial charge in [-0.05, 0) is 36.5 Å². The van der Waals surface area contributed by atoms with Gasteiger partial charge in [-0.15, -0.1) is 0 Å². The standard InChI is InChI=1S/C15H22O2/c1-12-4-3-5-15(10-12)17-11-13-6-8-14(16-2)9-7-13/h6-9,12,15H,3-5,10-11H2,1-2H3/t12-,15?/m1/s1. The SMILES string of the molecule is COc1ccc(COC2CCC[C@@H](C)C2)cc1. The van der Waals surface area contributed by atoms with Gasteiger partial charge in [0.25, 0.3) is 0 Å². The van der Waals surface area contributed by atoms with Gasteiger partial charge in [0.2, 0.25) is 0 Å². The Bertz CT molecular complexity index is 331. The summed E-state index contributed by atoms with van der Waals surface area (Å²) in [5, 5.41) is 0. The molecule has 0 radical (unpaired) electrons. The molecule has 0 saturated heterocycles. The van der Waals surface area contributed by atoms with Crippen LogP contribution in [0.4, 0.5) is 0 Å². The van der Waals surface area contributed by atoms with Gasteiger partial charge >= 0.3 is 0 Å². The molecule has 0 heterocycles. The van der Waals surface area contributed by atoms with Crippen molar-refractivity contribution in [2.24, 2.45) is 5.92 Å². The molecule has 0 N–H and O–H groups in total. The summed E-state index contributed by atoms with van der Waals surface area (Å²) in [6.45, 7) is 3.05. The summed E-state index contributed by atoms with van der Waals surface area (Å²) >= 11 is 0. The monoisotopic (exact) mass is 234 g/mol. The fraction of sp³-hybridized carbons (Fsp3) is 0.600. The van der Waals surface area contributed by atoms with Crippen LogP contribution in [0.5, 0.6) is 5.75 Å². The summed E-state index contributed by atoms with van der Waals surface area (Å²) in [6, 6.07) is 8.13. The second kappa shape index (κ2) is 6.06. The molecule has 1 unspecified atom stereocenters. The van der Waals surface area contributed by atoms with E-state index >= 15 is 0 Å². The molecule has 0 bridgehead atoms. The number of hydrogen-bond acceptors (Lipinski definition) is 2. The maximum Gasteiger partial charge on any atom is 0.118 e. The summed E-state index contributed by atoms with van der Waals surface area (Å²) in [5.41, 5.74) is 1.23. The minimum Gasteiger partial charge on any atom is -0.497 e. The van der Waals surface area contributed by atoms with Crippen LogP contribution in [0.1, 0.15) is 38.2 Å². The van der Waals surface area contributed by atoms with Crippen molar-refractivity contribution >= 4 is 0 Å². The maximum absolute atomic E-state index is 5.97. The lowest BCUT2D eigenvalue weighted by Crippen LogP contribution is -2.21. The quantitative estimate of drug-likeness (QED) is 0.789. The van der Waals surface area contributed by atoms with E-state index in [0.717, 1.165) is 18.3 Å². The highest BCUT2D eigenvalue weighted by atomic mass is 16.5. The minimum atomic E-state index is 0.459. The van der Waals surface area contributed by atoms with Crippen LogP contribution in [0, 0.1) is 5.92 Å². The zero-order valence-corrected chi connectivity index (χ0v) is 10.8. The van der Waals surface area contributed by atoms with Crippen LogP contribution < -0.4 is 4.74 Å². The van der Waals surface area contributed by atoms with E-state index in [-0.39, 0.29) is 0 Å². The Morgan fingerprint density at radius 2 is 1.94 bits per heavy atom. The topological polar surface area (TPSA) is 18.5 Å². The molecule has 17 heavy (non-hydrogen) atoms. The van der Waals surface area contributed by atoms with Gasteiger partial charge in [0.1, 0.15) is 5.75 Å². The molecule has 2 atom stereocenters. The van der Waals surface area contributed by atoms with Crippen molar-refractivity contribution in [2.75, 3.05) is 7.11 Å². The van der Waals surface area contributed by atoms with E-state index < -0.39 is 0 Å². The van der Waals surface area contributed by atoms with Crippen molar-refractivity contribution in [3.8, 4) is 5.75 Å². The van der Waals surface area contributed by atoms with E-state index in [1.807, 2.05) is 12.1 Å². The Labute approximate surface area is 104 Å². The third-order valence-corrected chi connectivity index (χ3v) is 3.53. The molecular formula is C15H22O2. The van der Waals surface area contributed by atoms with Crippen molar-refractivity contribution in [3.05, 3.63) is 29.8 Å². The second-order valence-corrected chi connectivity index (χ2v) is 5.05. The van der Waals surface area contributed by atoms with Crippen LogP contribution in [0.2, 0.25) is 0 Å². The minimum absolute atomic E-state index is 0.459. The first kappa shape index (κ1) is 12.4. The molecule has 94 valence electrons. The molecule has 0 spiro atoms. The summed E-state index contributed by atoms with van der Waals surface area (Å²) in [4.78, 5) is 0. The zero-order valence-electron chi connectivity index (χ0n) is 10.8. The summed E-state index contributed by atoms with van der Waals surface area (Å²) in [7, 11) is 1.69. The highest BCUT2D eigenvalue weighted by Gasteiger charge is 2.19. The fourth-order valence-corrected chi connectivity index (χ4v) is 2.47. The Hall–Kier alpha value is -1.02. The van der Waals surface area contributed by atoms with Gasteiger partial charge in [-0.25, -0.2) is 0 Å². The number of ether oxygens (including phenoxy) is 2. The van der Waals surface area contributed by atoms with E-state index in [9.17, 15) is 0 Å². The molecule has 0 amide bonds. The molecule has 1 aliphatic rings. The fourth-order valence-electron chi connectivity index (χ4n) is 2.47. The Kier molecular flexibility index (Phi) is 4.43. The summed E-state index contributed by atoms with van der Waals surface area (Å²) in [5.74, 6) is 1.73. The van der Waals surface area contributed by atoms with Crippen LogP contribution in [0.3, 0.4) is 0 Å². The van der Waals surface area contributed by atoms with Gasteiger partial charge in [-0.1, -0.05) is 31.9 Å². The molecular weight excluding hydrogens is 212 g/mol. The smallest absolute Gasteiger partial charge is 0.118 e. The van der Waals surface area contributed by atoms with Crippen molar-refractivity contribution in [1.82, 2.24) is 0 Å². The molecule has 2 nitrogen and oxygen atoms in total. The van der Waals surface area contributed by atoms with Crippen molar-refractivity contribution in [2.45, 2.75) is 45.3 Å². The van der Waals surface area contributed by atoms with Gasteiger partial charge in [-0.2, -0.15) is 0 Å². The van der Waals surface area contributed by atoms with Gasteiger partial charge in [-0.3, -0.25) is 0 Å².